The monoisotopic (exact) mass is 672 g/mol. The number of carbonyl (C=O) groups is 2. The molecule has 1 aromatic carbocycles. The second-order valence-electron chi connectivity index (χ2n) is 10.8. The molecule has 1 aromatic rings. The average molecular weight is 673 g/mol. The summed E-state index contributed by atoms with van der Waals surface area (Å²) in [6, 6.07) is 2.81. The van der Waals surface area contributed by atoms with E-state index in [-0.39, 0.29) is 38.0 Å². The van der Waals surface area contributed by atoms with Gasteiger partial charge in [0.05, 0.1) is 29.9 Å². The normalized spacial score (nSPS) is 21.1. The van der Waals surface area contributed by atoms with E-state index in [4.69, 9.17) is 9.47 Å². The first-order valence-corrected chi connectivity index (χ1v) is 15.6. The molecule has 0 spiro atoms. The fraction of sp³-hybridized carbons (Fsp3) is 0.667. The van der Waals surface area contributed by atoms with Crippen molar-refractivity contribution in [2.75, 3.05) is 26.8 Å². The minimum atomic E-state index is -1.08. The van der Waals surface area contributed by atoms with Gasteiger partial charge in [0.15, 0.2) is 11.5 Å². The fourth-order valence-electron chi connectivity index (χ4n) is 5.66. The lowest BCUT2D eigenvalue weighted by Gasteiger charge is -2.41. The third-order valence-corrected chi connectivity index (χ3v) is 8.65. The van der Waals surface area contributed by atoms with Crippen LogP contribution in [0, 0.1) is 9.49 Å². The highest BCUT2D eigenvalue weighted by Gasteiger charge is 2.41. The third-order valence-electron chi connectivity index (χ3n) is 7.85. The molecule has 9 nitrogen and oxygen atoms in total. The van der Waals surface area contributed by atoms with Crippen molar-refractivity contribution in [1.29, 1.82) is 0 Å². The lowest BCUT2D eigenvalue weighted by molar-refractivity contribution is -0.139. The van der Waals surface area contributed by atoms with Crippen LogP contribution < -0.4 is 14.8 Å². The number of aliphatic hydroxyl groups is 3. The number of methoxy groups -OCH3 is 1. The summed E-state index contributed by atoms with van der Waals surface area (Å²) < 4.78 is 12.5. The van der Waals surface area contributed by atoms with Gasteiger partial charge in [-0.15, -0.1) is 0 Å². The Morgan fingerprint density at radius 1 is 1.15 bits per heavy atom. The Balaban J connectivity index is 1.94. The van der Waals surface area contributed by atoms with Gasteiger partial charge in [-0.3, -0.25) is 9.59 Å². The Labute approximate surface area is 251 Å². The number of aliphatic hydroxyl groups excluding tert-OH is 3. The maximum absolute atomic E-state index is 13.7. The standard InChI is InChI=1S/C30H45IN2O7/c1-3-4-5-8-12-33(27(36)16-20-9-6-7-10-20)24-17-22(30(38)32-11-13-34)18-25(28(24)37)40-29-23(31)14-21(19-35)15-26(29)39-2/h14-15,18,20,24-25,28,34-35,37H,3-13,16-17,19H2,1-2H3,(H,32,38)/t24-,25+,28+/m1/s1. The van der Waals surface area contributed by atoms with Crippen LogP contribution in [0.2, 0.25) is 0 Å². The molecular weight excluding hydrogens is 627 g/mol. The molecule has 10 heteroatoms. The molecule has 224 valence electrons. The minimum Gasteiger partial charge on any atom is -0.493 e. The first-order valence-electron chi connectivity index (χ1n) is 14.5. The highest BCUT2D eigenvalue weighted by atomic mass is 127. The van der Waals surface area contributed by atoms with Crippen LogP contribution in [0.3, 0.4) is 0 Å². The number of unbranched alkanes of at least 4 members (excludes halogenated alkanes) is 3. The minimum absolute atomic E-state index is 0.0164. The maximum atomic E-state index is 13.7. The summed E-state index contributed by atoms with van der Waals surface area (Å²) in [5.74, 6) is 0.813. The van der Waals surface area contributed by atoms with E-state index in [1.54, 1.807) is 23.1 Å². The van der Waals surface area contributed by atoms with Gasteiger partial charge in [-0.05, 0) is 71.5 Å². The highest BCUT2D eigenvalue weighted by Crippen LogP contribution is 2.37. The van der Waals surface area contributed by atoms with Crippen molar-refractivity contribution in [3.8, 4) is 11.5 Å². The molecule has 3 atom stereocenters. The summed E-state index contributed by atoms with van der Waals surface area (Å²) in [6.07, 6.45) is 8.59. The molecular formula is C30H45IN2O7. The molecule has 0 aromatic heterocycles. The topological polar surface area (TPSA) is 129 Å². The summed E-state index contributed by atoms with van der Waals surface area (Å²) in [7, 11) is 1.50. The molecule has 0 heterocycles. The zero-order chi connectivity index (χ0) is 29.1. The smallest absolute Gasteiger partial charge is 0.247 e. The van der Waals surface area contributed by atoms with E-state index in [1.165, 1.54) is 7.11 Å². The first kappa shape index (κ1) is 32.6. The Hall–Kier alpha value is -1.89. The summed E-state index contributed by atoms with van der Waals surface area (Å²) in [4.78, 5) is 28.6. The highest BCUT2D eigenvalue weighted by molar-refractivity contribution is 14.1. The Morgan fingerprint density at radius 3 is 2.55 bits per heavy atom. The van der Waals surface area contributed by atoms with Gasteiger partial charge in [0.2, 0.25) is 11.8 Å². The number of carbonyl (C=O) groups excluding carboxylic acids is 2. The van der Waals surface area contributed by atoms with Gasteiger partial charge in [0.25, 0.3) is 0 Å². The molecule has 2 aliphatic carbocycles. The van der Waals surface area contributed by atoms with Crippen molar-refractivity contribution in [2.45, 2.75) is 96.0 Å². The molecule has 4 N–H and O–H groups in total. The van der Waals surface area contributed by atoms with Crippen LogP contribution in [0.5, 0.6) is 11.5 Å². The Morgan fingerprint density at radius 2 is 1.90 bits per heavy atom. The summed E-state index contributed by atoms with van der Waals surface area (Å²) in [6.45, 7) is 2.40. The number of rotatable bonds is 15. The predicted molar refractivity (Wildman–Crippen MR) is 161 cm³/mol. The van der Waals surface area contributed by atoms with Crippen LogP contribution in [0.25, 0.3) is 0 Å². The lowest BCUT2D eigenvalue weighted by atomic mass is 9.87. The number of ether oxygens (including phenoxy) is 2. The average Bonchev–Trinajstić information content (AvgIpc) is 3.46. The summed E-state index contributed by atoms with van der Waals surface area (Å²) >= 11 is 2.09. The zero-order valence-corrected chi connectivity index (χ0v) is 25.9. The molecule has 0 bridgehead atoms. The van der Waals surface area contributed by atoms with Crippen molar-refractivity contribution in [3.63, 3.8) is 0 Å². The van der Waals surface area contributed by atoms with Gasteiger partial charge in [0, 0.05) is 31.5 Å². The molecule has 40 heavy (non-hydrogen) atoms. The number of halogens is 1. The van der Waals surface area contributed by atoms with E-state index >= 15 is 0 Å². The molecule has 1 fully saturated rings. The van der Waals surface area contributed by atoms with Gasteiger partial charge < -0.3 is 35.0 Å². The van der Waals surface area contributed by atoms with Crippen molar-refractivity contribution in [2.24, 2.45) is 5.92 Å². The quantitative estimate of drug-likeness (QED) is 0.165. The summed E-state index contributed by atoms with van der Waals surface area (Å²) in [5.41, 5.74) is 1.06. The number of nitrogens with zero attached hydrogens (tertiary/aromatic N) is 1. The second-order valence-corrected chi connectivity index (χ2v) is 11.9. The van der Waals surface area contributed by atoms with Crippen molar-refractivity contribution < 1.29 is 34.4 Å². The van der Waals surface area contributed by atoms with E-state index < -0.39 is 18.2 Å². The molecule has 1 saturated carbocycles. The Kier molecular flexibility index (Phi) is 13.5. The van der Waals surface area contributed by atoms with Gasteiger partial charge in [0.1, 0.15) is 12.2 Å². The second kappa shape index (κ2) is 16.5. The van der Waals surface area contributed by atoms with Crippen molar-refractivity contribution in [3.05, 3.63) is 32.9 Å². The van der Waals surface area contributed by atoms with Crippen LogP contribution in [-0.2, 0) is 16.2 Å². The van der Waals surface area contributed by atoms with E-state index in [2.05, 4.69) is 34.8 Å². The maximum Gasteiger partial charge on any atom is 0.247 e. The van der Waals surface area contributed by atoms with Gasteiger partial charge in [-0.2, -0.15) is 0 Å². The van der Waals surface area contributed by atoms with E-state index in [0.29, 0.717) is 45.1 Å². The first-order chi connectivity index (χ1) is 19.3. The van der Waals surface area contributed by atoms with E-state index in [0.717, 1.165) is 51.4 Å². The molecule has 3 rings (SSSR count). The van der Waals surface area contributed by atoms with Crippen molar-refractivity contribution >= 4 is 34.4 Å². The van der Waals surface area contributed by atoms with Crippen LogP contribution in [0.4, 0.5) is 0 Å². The Bertz CT molecular complexity index is 1010. The molecule has 2 aliphatic rings. The van der Waals surface area contributed by atoms with Gasteiger partial charge >= 0.3 is 0 Å². The molecule has 0 aliphatic heterocycles. The molecule has 2 amide bonds. The molecule has 0 radical (unpaired) electrons. The van der Waals surface area contributed by atoms with Crippen LogP contribution in [-0.4, -0.2) is 77.1 Å². The zero-order valence-electron chi connectivity index (χ0n) is 23.7. The number of nitrogens with one attached hydrogen (secondary N) is 1. The van der Waals surface area contributed by atoms with Gasteiger partial charge in [-0.25, -0.2) is 0 Å². The van der Waals surface area contributed by atoms with Crippen LogP contribution in [0.15, 0.2) is 23.8 Å². The SMILES string of the molecule is CCCCCCN(C(=O)CC1CCCC1)[C@@H]1CC(C(=O)NCCO)=C[C@H](Oc2c(I)cc(CO)cc2OC)[C@H]1O. The summed E-state index contributed by atoms with van der Waals surface area (Å²) in [5, 5.41) is 33.2. The van der Waals surface area contributed by atoms with E-state index in [9.17, 15) is 24.9 Å². The number of hydrogen-bond acceptors (Lipinski definition) is 7. The molecule has 0 unspecified atom stereocenters. The van der Waals surface area contributed by atoms with Crippen LogP contribution >= 0.6 is 22.6 Å². The van der Waals surface area contributed by atoms with Gasteiger partial charge in [-0.1, -0.05) is 39.0 Å². The van der Waals surface area contributed by atoms with Crippen LogP contribution in [0.1, 0.15) is 76.7 Å². The number of hydrogen-bond donors (Lipinski definition) is 4. The number of amides is 2. The predicted octanol–water partition coefficient (Wildman–Crippen LogP) is 3.70. The lowest BCUT2D eigenvalue weighted by Crippen LogP contribution is -2.55. The molecule has 0 saturated heterocycles. The third kappa shape index (κ3) is 8.80. The van der Waals surface area contributed by atoms with E-state index in [1.807, 2.05) is 0 Å². The largest absolute Gasteiger partial charge is 0.493 e. The number of benzene rings is 1. The van der Waals surface area contributed by atoms with Crippen molar-refractivity contribution in [1.82, 2.24) is 10.2 Å². The fourth-order valence-corrected chi connectivity index (χ4v) is 6.45.